The molecule has 154 valence electrons. The van der Waals surface area contributed by atoms with Gasteiger partial charge in [-0.05, 0) is 37.1 Å². The van der Waals surface area contributed by atoms with E-state index in [1.165, 1.54) is 12.1 Å². The van der Waals surface area contributed by atoms with Crippen LogP contribution in [0.25, 0.3) is 21.8 Å². The number of H-pyrrole nitrogens is 1. The van der Waals surface area contributed by atoms with Gasteiger partial charge in [0.15, 0.2) is 5.78 Å². The minimum absolute atomic E-state index is 0.0460. The lowest BCUT2D eigenvalue weighted by Crippen LogP contribution is -2.48. The van der Waals surface area contributed by atoms with Crippen molar-refractivity contribution in [3.05, 3.63) is 66.2 Å². The number of aromatic nitrogens is 3. The van der Waals surface area contributed by atoms with Crippen LogP contribution in [0.2, 0.25) is 0 Å². The Kier molecular flexibility index (Phi) is 4.64. The van der Waals surface area contributed by atoms with Gasteiger partial charge in [0.2, 0.25) is 0 Å². The van der Waals surface area contributed by atoms with Crippen LogP contribution in [-0.2, 0) is 6.54 Å². The average molecular weight is 406 g/mol. The number of halogens is 1. The molecule has 0 radical (unpaired) electrons. The average Bonchev–Trinajstić information content (AvgIpc) is 3.34. The summed E-state index contributed by atoms with van der Waals surface area (Å²) in [5, 5.41) is 17.2. The summed E-state index contributed by atoms with van der Waals surface area (Å²) in [5.74, 6) is -0.402. The minimum Gasteiger partial charge on any atom is -0.388 e. The maximum atomic E-state index is 13.6. The molecule has 2 aromatic carbocycles. The van der Waals surface area contributed by atoms with Crippen molar-refractivity contribution in [3.63, 3.8) is 0 Å². The third-order valence-corrected chi connectivity index (χ3v) is 6.09. The van der Waals surface area contributed by atoms with Gasteiger partial charge in [0, 0.05) is 41.1 Å². The highest BCUT2D eigenvalue weighted by Crippen LogP contribution is 2.27. The molecule has 2 N–H and O–H groups in total. The number of aliphatic hydroxyl groups is 1. The van der Waals surface area contributed by atoms with Gasteiger partial charge in [-0.1, -0.05) is 18.2 Å². The van der Waals surface area contributed by atoms with Crippen molar-refractivity contribution in [1.29, 1.82) is 0 Å². The standard InChI is InChI=1S/C23H23FN4O2/c24-17-5-6-20-18(11-17)19(13-25-20)22(29)14-27-9-7-23(30,8-10-27)15-28-21-4-2-1-3-16(21)12-26-28/h1-6,11-13,25,30H,7-10,14-15H2. The van der Waals surface area contributed by atoms with E-state index >= 15 is 0 Å². The fourth-order valence-corrected chi connectivity index (χ4v) is 4.33. The molecule has 3 heterocycles. The highest BCUT2D eigenvalue weighted by Gasteiger charge is 2.34. The Hall–Kier alpha value is -3.03. The Bertz CT molecular complexity index is 1220. The zero-order chi connectivity index (χ0) is 20.7. The Morgan fingerprint density at radius 3 is 2.83 bits per heavy atom. The number of hydrogen-bond donors (Lipinski definition) is 2. The lowest BCUT2D eigenvalue weighted by atomic mass is 9.91. The zero-order valence-electron chi connectivity index (χ0n) is 16.5. The largest absolute Gasteiger partial charge is 0.388 e. The van der Waals surface area contributed by atoms with Crippen molar-refractivity contribution in [2.45, 2.75) is 25.0 Å². The summed E-state index contributed by atoms with van der Waals surface area (Å²) < 4.78 is 15.4. The maximum Gasteiger partial charge on any atom is 0.178 e. The molecule has 0 bridgehead atoms. The van der Waals surface area contributed by atoms with E-state index in [9.17, 15) is 14.3 Å². The van der Waals surface area contributed by atoms with Crippen LogP contribution < -0.4 is 0 Å². The van der Waals surface area contributed by atoms with Crippen LogP contribution in [0.15, 0.2) is 54.9 Å². The van der Waals surface area contributed by atoms with Crippen LogP contribution in [-0.4, -0.2) is 55.8 Å². The lowest BCUT2D eigenvalue weighted by molar-refractivity contribution is -0.0342. The predicted octanol–water partition coefficient (Wildman–Crippen LogP) is 3.37. The van der Waals surface area contributed by atoms with Crippen molar-refractivity contribution >= 4 is 27.6 Å². The molecule has 1 fully saturated rings. The number of carbonyl (C=O) groups is 1. The number of piperidine rings is 1. The van der Waals surface area contributed by atoms with E-state index in [4.69, 9.17) is 0 Å². The van der Waals surface area contributed by atoms with Crippen molar-refractivity contribution in [1.82, 2.24) is 19.7 Å². The Labute approximate surface area is 172 Å². The van der Waals surface area contributed by atoms with Crippen LogP contribution in [0.3, 0.4) is 0 Å². The van der Waals surface area contributed by atoms with Gasteiger partial charge >= 0.3 is 0 Å². The van der Waals surface area contributed by atoms with Crippen LogP contribution in [0.1, 0.15) is 23.2 Å². The Morgan fingerprint density at radius 2 is 2.00 bits per heavy atom. The summed E-state index contributed by atoms with van der Waals surface area (Å²) >= 11 is 0. The molecule has 0 saturated carbocycles. The van der Waals surface area contributed by atoms with Gasteiger partial charge in [-0.25, -0.2) is 4.39 Å². The number of hydrogen-bond acceptors (Lipinski definition) is 4. The van der Waals surface area contributed by atoms with Crippen LogP contribution >= 0.6 is 0 Å². The summed E-state index contributed by atoms with van der Waals surface area (Å²) in [5.41, 5.74) is 1.42. The zero-order valence-corrected chi connectivity index (χ0v) is 16.5. The molecule has 1 saturated heterocycles. The molecule has 6 nitrogen and oxygen atoms in total. The first-order valence-electron chi connectivity index (χ1n) is 10.2. The number of para-hydroxylation sites is 1. The molecule has 2 aromatic heterocycles. The van der Waals surface area contributed by atoms with E-state index < -0.39 is 5.60 Å². The number of nitrogens with one attached hydrogen (secondary N) is 1. The van der Waals surface area contributed by atoms with Gasteiger partial charge in [-0.3, -0.25) is 14.4 Å². The second-order valence-corrected chi connectivity index (χ2v) is 8.18. The SMILES string of the molecule is O=C(CN1CCC(O)(Cn2ncc3ccccc32)CC1)c1c[nH]c2ccc(F)cc12. The highest BCUT2D eigenvalue weighted by molar-refractivity contribution is 6.08. The number of nitrogens with zero attached hydrogens (tertiary/aromatic N) is 3. The fraction of sp³-hybridized carbons (Fsp3) is 0.304. The normalized spacial score (nSPS) is 17.0. The number of aromatic amines is 1. The number of rotatable bonds is 5. The number of carbonyl (C=O) groups excluding carboxylic acids is 1. The molecule has 0 amide bonds. The van der Waals surface area contributed by atoms with Gasteiger partial charge in [-0.15, -0.1) is 0 Å². The second kappa shape index (κ2) is 7.34. The van der Waals surface area contributed by atoms with E-state index in [-0.39, 0.29) is 18.1 Å². The predicted molar refractivity (Wildman–Crippen MR) is 113 cm³/mol. The van der Waals surface area contributed by atoms with Gasteiger partial charge < -0.3 is 10.1 Å². The van der Waals surface area contributed by atoms with E-state index in [1.807, 2.05) is 35.1 Å². The molecule has 1 aliphatic rings. The van der Waals surface area contributed by atoms with Crippen molar-refractivity contribution in [3.8, 4) is 0 Å². The molecular formula is C23H23FN4O2. The second-order valence-electron chi connectivity index (χ2n) is 8.18. The summed E-state index contributed by atoms with van der Waals surface area (Å²) in [7, 11) is 0. The quantitative estimate of drug-likeness (QED) is 0.499. The smallest absolute Gasteiger partial charge is 0.178 e. The number of ketones is 1. The molecule has 0 atom stereocenters. The summed E-state index contributed by atoms with van der Waals surface area (Å²) in [4.78, 5) is 17.9. The molecule has 4 aromatic rings. The van der Waals surface area contributed by atoms with Gasteiger partial charge in [0.05, 0.1) is 30.4 Å². The molecule has 0 unspecified atom stereocenters. The first-order valence-corrected chi connectivity index (χ1v) is 10.2. The Balaban J connectivity index is 1.24. The van der Waals surface area contributed by atoms with Crippen LogP contribution in [0.5, 0.6) is 0 Å². The maximum absolute atomic E-state index is 13.6. The molecule has 0 aliphatic carbocycles. The summed E-state index contributed by atoms with van der Waals surface area (Å²) in [6.07, 6.45) is 4.60. The van der Waals surface area contributed by atoms with Gasteiger partial charge in [-0.2, -0.15) is 5.10 Å². The minimum atomic E-state index is -0.849. The first kappa shape index (κ1) is 19.0. The Morgan fingerprint density at radius 1 is 1.20 bits per heavy atom. The molecule has 7 heteroatoms. The third kappa shape index (κ3) is 3.51. The molecule has 5 rings (SSSR count). The number of likely N-dealkylation sites (tertiary alicyclic amines) is 1. The molecule has 0 spiro atoms. The number of Topliss-reactive ketones (excluding diaryl/α,β-unsaturated/α-hetero) is 1. The van der Waals surface area contributed by atoms with Crippen molar-refractivity contribution in [2.24, 2.45) is 0 Å². The van der Waals surface area contributed by atoms with Crippen LogP contribution in [0, 0.1) is 5.82 Å². The number of fused-ring (bicyclic) bond motifs is 2. The lowest BCUT2D eigenvalue weighted by Gasteiger charge is -2.37. The summed E-state index contributed by atoms with van der Waals surface area (Å²) in [6.45, 7) is 1.94. The first-order chi connectivity index (χ1) is 14.5. The third-order valence-electron chi connectivity index (χ3n) is 6.09. The highest BCUT2D eigenvalue weighted by atomic mass is 19.1. The van der Waals surface area contributed by atoms with Crippen LogP contribution in [0.4, 0.5) is 4.39 Å². The molecule has 30 heavy (non-hydrogen) atoms. The van der Waals surface area contributed by atoms with Gasteiger partial charge in [0.25, 0.3) is 0 Å². The summed E-state index contributed by atoms with van der Waals surface area (Å²) in [6, 6.07) is 12.4. The van der Waals surface area contributed by atoms with E-state index in [0.717, 1.165) is 16.4 Å². The molecular weight excluding hydrogens is 383 g/mol. The monoisotopic (exact) mass is 406 g/mol. The van der Waals surface area contributed by atoms with Gasteiger partial charge in [0.1, 0.15) is 5.82 Å². The topological polar surface area (TPSA) is 74.2 Å². The van der Waals surface area contributed by atoms with E-state index in [0.29, 0.717) is 43.4 Å². The fourth-order valence-electron chi connectivity index (χ4n) is 4.33. The molecule has 1 aliphatic heterocycles. The number of benzene rings is 2. The van der Waals surface area contributed by atoms with E-state index in [2.05, 4.69) is 15.0 Å². The van der Waals surface area contributed by atoms with E-state index in [1.54, 1.807) is 12.3 Å². The van der Waals surface area contributed by atoms with Crippen molar-refractivity contribution < 1.29 is 14.3 Å². The van der Waals surface area contributed by atoms with Crippen molar-refractivity contribution in [2.75, 3.05) is 19.6 Å².